The zero-order valence-electron chi connectivity index (χ0n) is 10.3. The van der Waals surface area contributed by atoms with Crippen molar-refractivity contribution < 1.29 is 4.79 Å². The van der Waals surface area contributed by atoms with Crippen LogP contribution in [-0.4, -0.2) is 34.4 Å². The monoisotopic (exact) mass is 244 g/mol. The number of nitrogens with one attached hydrogen (secondary N) is 1. The van der Waals surface area contributed by atoms with E-state index >= 15 is 0 Å². The Labute approximate surface area is 106 Å². The van der Waals surface area contributed by atoms with E-state index in [0.29, 0.717) is 13.1 Å². The van der Waals surface area contributed by atoms with Gasteiger partial charge in [0, 0.05) is 18.8 Å². The van der Waals surface area contributed by atoms with Crippen molar-refractivity contribution in [2.75, 3.05) is 6.54 Å². The maximum atomic E-state index is 12.2. The number of carbonyl (C=O) groups is 1. The van der Waals surface area contributed by atoms with Crippen molar-refractivity contribution in [1.29, 1.82) is 5.26 Å². The van der Waals surface area contributed by atoms with Gasteiger partial charge in [-0.2, -0.15) is 5.26 Å². The van der Waals surface area contributed by atoms with Crippen LogP contribution in [0.3, 0.4) is 0 Å². The van der Waals surface area contributed by atoms with Gasteiger partial charge in [-0.1, -0.05) is 6.07 Å². The molecule has 0 saturated carbocycles. The third-order valence-corrected chi connectivity index (χ3v) is 3.13. The molecule has 1 N–H and O–H groups in total. The van der Waals surface area contributed by atoms with Crippen LogP contribution in [0.1, 0.15) is 19.0 Å². The molecule has 1 aliphatic rings. The topological polar surface area (TPSA) is 69.0 Å². The predicted octanol–water partition coefficient (Wildman–Crippen LogP) is 0.684. The highest BCUT2D eigenvalue weighted by molar-refractivity contribution is 5.83. The largest absolute Gasteiger partial charge is 0.331 e. The van der Waals surface area contributed by atoms with Crippen LogP contribution in [0.5, 0.6) is 0 Å². The minimum absolute atomic E-state index is 0.0130. The number of pyridine rings is 1. The molecular weight excluding hydrogens is 228 g/mol. The van der Waals surface area contributed by atoms with E-state index in [1.807, 2.05) is 31.2 Å². The van der Waals surface area contributed by atoms with Crippen molar-refractivity contribution in [1.82, 2.24) is 15.2 Å². The summed E-state index contributed by atoms with van der Waals surface area (Å²) in [6.07, 6.45) is 1.93. The van der Waals surface area contributed by atoms with E-state index < -0.39 is 0 Å². The minimum Gasteiger partial charge on any atom is -0.331 e. The summed E-state index contributed by atoms with van der Waals surface area (Å²) in [7, 11) is 0. The fourth-order valence-electron chi connectivity index (χ4n) is 2.08. The first kappa shape index (κ1) is 12.5. The van der Waals surface area contributed by atoms with Gasteiger partial charge in [0.15, 0.2) is 0 Å². The smallest absolute Gasteiger partial charge is 0.241 e. The van der Waals surface area contributed by atoms with Crippen LogP contribution in [-0.2, 0) is 11.3 Å². The number of nitriles is 1. The third-order valence-electron chi connectivity index (χ3n) is 3.13. The molecule has 1 aromatic heterocycles. The predicted molar refractivity (Wildman–Crippen MR) is 66.3 cm³/mol. The molecule has 94 valence electrons. The molecule has 1 fully saturated rings. The highest BCUT2D eigenvalue weighted by Gasteiger charge is 2.32. The average molecular weight is 244 g/mol. The summed E-state index contributed by atoms with van der Waals surface area (Å²) < 4.78 is 0. The second kappa shape index (κ2) is 5.61. The van der Waals surface area contributed by atoms with Gasteiger partial charge in [0.05, 0.1) is 24.7 Å². The fraction of sp³-hybridized carbons (Fsp3) is 0.462. The minimum atomic E-state index is -0.380. The van der Waals surface area contributed by atoms with Gasteiger partial charge < -0.3 is 10.2 Å². The lowest BCUT2D eigenvalue weighted by Gasteiger charge is -2.37. The number of hydrogen-bond acceptors (Lipinski definition) is 4. The molecule has 2 unspecified atom stereocenters. The van der Waals surface area contributed by atoms with Crippen LogP contribution in [0.15, 0.2) is 24.4 Å². The summed E-state index contributed by atoms with van der Waals surface area (Å²) in [6, 6.07) is 7.45. The lowest BCUT2D eigenvalue weighted by Crippen LogP contribution is -2.58. The molecule has 2 atom stereocenters. The molecule has 0 spiro atoms. The lowest BCUT2D eigenvalue weighted by atomic mass is 10.1. The summed E-state index contributed by atoms with van der Waals surface area (Å²) >= 11 is 0. The Morgan fingerprint density at radius 1 is 1.61 bits per heavy atom. The van der Waals surface area contributed by atoms with Gasteiger partial charge >= 0.3 is 0 Å². The van der Waals surface area contributed by atoms with E-state index in [9.17, 15) is 4.79 Å². The Hall–Kier alpha value is -1.93. The number of hydrogen-bond donors (Lipinski definition) is 1. The average Bonchev–Trinajstić information content (AvgIpc) is 2.39. The van der Waals surface area contributed by atoms with Crippen molar-refractivity contribution >= 4 is 5.91 Å². The van der Waals surface area contributed by atoms with E-state index in [2.05, 4.69) is 10.3 Å². The van der Waals surface area contributed by atoms with Crippen LogP contribution >= 0.6 is 0 Å². The fourth-order valence-corrected chi connectivity index (χ4v) is 2.08. The van der Waals surface area contributed by atoms with Gasteiger partial charge in [-0.15, -0.1) is 0 Å². The normalized spacial score (nSPS) is 23.8. The number of aromatic nitrogens is 1. The second-order valence-corrected chi connectivity index (χ2v) is 4.46. The summed E-state index contributed by atoms with van der Waals surface area (Å²) in [6.45, 7) is 3.21. The summed E-state index contributed by atoms with van der Waals surface area (Å²) in [4.78, 5) is 18.2. The highest BCUT2D eigenvalue weighted by Crippen LogP contribution is 2.13. The van der Waals surface area contributed by atoms with Gasteiger partial charge in [0.25, 0.3) is 0 Å². The number of nitrogens with zero attached hydrogens (tertiary/aromatic N) is 3. The zero-order chi connectivity index (χ0) is 13.0. The maximum absolute atomic E-state index is 12.2. The van der Waals surface area contributed by atoms with Gasteiger partial charge in [-0.05, 0) is 19.1 Å². The first-order chi connectivity index (χ1) is 8.72. The molecule has 2 heterocycles. The van der Waals surface area contributed by atoms with Crippen LogP contribution in [0.2, 0.25) is 0 Å². The van der Waals surface area contributed by atoms with Crippen molar-refractivity contribution in [3.63, 3.8) is 0 Å². The quantitative estimate of drug-likeness (QED) is 0.849. The standard InChI is InChI=1S/C13H16N4O/c1-10-8-16-12(5-6-14)13(18)17(10)9-11-4-2-3-7-15-11/h2-4,7,10,12,16H,5,8-9H2,1H3. The number of rotatable bonds is 3. The van der Waals surface area contributed by atoms with Crippen molar-refractivity contribution in [2.24, 2.45) is 0 Å². The molecule has 1 saturated heterocycles. The highest BCUT2D eigenvalue weighted by atomic mass is 16.2. The van der Waals surface area contributed by atoms with Crippen molar-refractivity contribution in [3.05, 3.63) is 30.1 Å². The van der Waals surface area contributed by atoms with Gasteiger partial charge in [0.1, 0.15) is 6.04 Å². The molecule has 0 radical (unpaired) electrons. The molecule has 2 rings (SSSR count). The maximum Gasteiger partial charge on any atom is 0.241 e. The first-order valence-electron chi connectivity index (χ1n) is 6.03. The molecule has 1 aliphatic heterocycles. The molecule has 0 bridgehead atoms. The van der Waals surface area contributed by atoms with E-state index in [0.717, 1.165) is 5.69 Å². The Bertz CT molecular complexity index is 454. The van der Waals surface area contributed by atoms with Crippen molar-refractivity contribution in [3.8, 4) is 6.07 Å². The zero-order valence-corrected chi connectivity index (χ0v) is 10.3. The summed E-state index contributed by atoms with van der Waals surface area (Å²) in [5.74, 6) is -0.0130. The molecule has 1 amide bonds. The number of piperazine rings is 1. The summed E-state index contributed by atoms with van der Waals surface area (Å²) in [5.41, 5.74) is 0.871. The Kier molecular flexibility index (Phi) is 3.90. The molecule has 1 aromatic rings. The van der Waals surface area contributed by atoms with E-state index in [1.165, 1.54) is 0 Å². The van der Waals surface area contributed by atoms with Gasteiger partial charge in [-0.3, -0.25) is 9.78 Å². The molecule has 18 heavy (non-hydrogen) atoms. The van der Waals surface area contributed by atoms with Gasteiger partial charge in [-0.25, -0.2) is 0 Å². The Morgan fingerprint density at radius 2 is 2.44 bits per heavy atom. The molecule has 0 aliphatic carbocycles. The molecular formula is C13H16N4O. The third kappa shape index (κ3) is 2.66. The van der Waals surface area contributed by atoms with Crippen molar-refractivity contribution in [2.45, 2.75) is 32.0 Å². The number of amides is 1. The van der Waals surface area contributed by atoms with E-state index in [-0.39, 0.29) is 24.4 Å². The second-order valence-electron chi connectivity index (χ2n) is 4.46. The SMILES string of the molecule is CC1CNC(CC#N)C(=O)N1Cc1ccccn1. The van der Waals surface area contributed by atoms with Crippen LogP contribution in [0.4, 0.5) is 0 Å². The van der Waals surface area contributed by atoms with Crippen LogP contribution in [0.25, 0.3) is 0 Å². The van der Waals surface area contributed by atoms with E-state index in [4.69, 9.17) is 5.26 Å². The molecule has 0 aromatic carbocycles. The van der Waals surface area contributed by atoms with Crippen LogP contribution < -0.4 is 5.32 Å². The van der Waals surface area contributed by atoms with E-state index in [1.54, 1.807) is 11.1 Å². The van der Waals surface area contributed by atoms with Crippen LogP contribution in [0, 0.1) is 11.3 Å². The Morgan fingerprint density at radius 3 is 3.11 bits per heavy atom. The number of carbonyl (C=O) groups excluding carboxylic acids is 1. The molecule has 5 heteroatoms. The lowest BCUT2D eigenvalue weighted by molar-refractivity contribution is -0.139. The summed E-state index contributed by atoms with van der Waals surface area (Å²) in [5, 5.41) is 11.8. The van der Waals surface area contributed by atoms with Gasteiger partial charge in [0.2, 0.25) is 5.91 Å². The first-order valence-corrected chi connectivity index (χ1v) is 6.03. The molecule has 5 nitrogen and oxygen atoms in total. The Balaban J connectivity index is 2.10.